The van der Waals surface area contributed by atoms with Gasteiger partial charge < -0.3 is 15.7 Å². The third-order valence-corrected chi connectivity index (χ3v) is 4.62. The van der Waals surface area contributed by atoms with Crippen LogP contribution in [-0.4, -0.2) is 46.7 Å². The first-order chi connectivity index (χ1) is 14.7. The lowest BCUT2D eigenvalue weighted by atomic mass is 10.1. The van der Waals surface area contributed by atoms with Gasteiger partial charge in [0.15, 0.2) is 0 Å². The van der Waals surface area contributed by atoms with Crippen molar-refractivity contribution in [1.29, 1.82) is 0 Å². The Kier molecular flexibility index (Phi) is 6.58. The molecule has 0 spiro atoms. The molecule has 10 heteroatoms. The van der Waals surface area contributed by atoms with Crippen LogP contribution >= 0.6 is 0 Å². The van der Waals surface area contributed by atoms with Crippen LogP contribution in [0.4, 0.5) is 14.5 Å². The summed E-state index contributed by atoms with van der Waals surface area (Å²) in [7, 11) is 0. The number of nitrogens with zero attached hydrogens (tertiary/aromatic N) is 1. The smallest absolute Gasteiger partial charge is 0.255 e. The SMILES string of the molecule is O=C(Nc1ccc(C(=O)NCCCN2C(=O)CCC2=O)c(O)c1)c1cc(F)cc(F)c1. The molecule has 4 amide bonds. The molecule has 1 aliphatic rings. The number of imide groups is 1. The fraction of sp³-hybridized carbons (Fsp3) is 0.238. The van der Waals surface area contributed by atoms with E-state index in [1.807, 2.05) is 0 Å². The Morgan fingerprint density at radius 1 is 0.968 bits per heavy atom. The van der Waals surface area contributed by atoms with Gasteiger partial charge in [-0.2, -0.15) is 0 Å². The number of amides is 4. The van der Waals surface area contributed by atoms with Crippen molar-refractivity contribution < 1.29 is 33.1 Å². The molecule has 1 fully saturated rings. The number of rotatable bonds is 7. The summed E-state index contributed by atoms with van der Waals surface area (Å²) in [5, 5.41) is 15.1. The van der Waals surface area contributed by atoms with E-state index < -0.39 is 29.2 Å². The zero-order valence-electron chi connectivity index (χ0n) is 16.3. The zero-order chi connectivity index (χ0) is 22.5. The number of aromatic hydroxyl groups is 1. The van der Waals surface area contributed by atoms with E-state index in [1.54, 1.807) is 0 Å². The molecule has 2 aromatic rings. The van der Waals surface area contributed by atoms with E-state index in [9.17, 15) is 33.1 Å². The van der Waals surface area contributed by atoms with E-state index in [0.717, 1.165) is 23.1 Å². The quantitative estimate of drug-likeness (QED) is 0.459. The van der Waals surface area contributed by atoms with E-state index in [0.29, 0.717) is 12.5 Å². The predicted octanol–water partition coefficient (Wildman–Crippen LogP) is 2.19. The van der Waals surface area contributed by atoms with Crippen molar-refractivity contribution in [2.45, 2.75) is 19.3 Å². The molecule has 0 radical (unpaired) electrons. The van der Waals surface area contributed by atoms with Gasteiger partial charge in [0.05, 0.1) is 5.56 Å². The van der Waals surface area contributed by atoms with Crippen molar-refractivity contribution in [2.24, 2.45) is 0 Å². The van der Waals surface area contributed by atoms with Crippen LogP contribution < -0.4 is 10.6 Å². The minimum Gasteiger partial charge on any atom is -0.507 e. The maximum atomic E-state index is 13.2. The number of hydrogen-bond acceptors (Lipinski definition) is 5. The third kappa shape index (κ3) is 5.41. The number of nitrogens with one attached hydrogen (secondary N) is 2. The van der Waals surface area contributed by atoms with Gasteiger partial charge in [-0.25, -0.2) is 8.78 Å². The first kappa shape index (κ1) is 21.9. The number of carbonyl (C=O) groups excluding carboxylic acids is 4. The average molecular weight is 431 g/mol. The highest BCUT2D eigenvalue weighted by atomic mass is 19.1. The average Bonchev–Trinajstić information content (AvgIpc) is 3.02. The lowest BCUT2D eigenvalue weighted by Crippen LogP contribution is -2.33. The van der Waals surface area contributed by atoms with Crippen molar-refractivity contribution in [3.63, 3.8) is 0 Å². The summed E-state index contributed by atoms with van der Waals surface area (Å²) in [5.41, 5.74) is -0.174. The molecule has 1 saturated heterocycles. The number of benzene rings is 2. The van der Waals surface area contributed by atoms with E-state index in [2.05, 4.69) is 10.6 Å². The van der Waals surface area contributed by atoms with Gasteiger partial charge >= 0.3 is 0 Å². The fourth-order valence-corrected chi connectivity index (χ4v) is 3.10. The predicted molar refractivity (Wildman–Crippen MR) is 105 cm³/mol. The van der Waals surface area contributed by atoms with E-state index in [4.69, 9.17) is 0 Å². The number of likely N-dealkylation sites (tertiary alicyclic amines) is 1. The van der Waals surface area contributed by atoms with Gasteiger partial charge in [0, 0.05) is 49.3 Å². The summed E-state index contributed by atoms with van der Waals surface area (Å²) in [4.78, 5) is 48.6. The van der Waals surface area contributed by atoms with Crippen molar-refractivity contribution in [1.82, 2.24) is 10.2 Å². The Morgan fingerprint density at radius 2 is 1.61 bits per heavy atom. The summed E-state index contributed by atoms with van der Waals surface area (Å²) in [6.45, 7) is 0.383. The van der Waals surface area contributed by atoms with Crippen molar-refractivity contribution in [2.75, 3.05) is 18.4 Å². The third-order valence-electron chi connectivity index (χ3n) is 4.62. The molecule has 31 heavy (non-hydrogen) atoms. The zero-order valence-corrected chi connectivity index (χ0v) is 16.3. The summed E-state index contributed by atoms with van der Waals surface area (Å²) in [6.07, 6.45) is 0.772. The van der Waals surface area contributed by atoms with E-state index in [1.165, 1.54) is 12.1 Å². The van der Waals surface area contributed by atoms with E-state index >= 15 is 0 Å². The fourth-order valence-electron chi connectivity index (χ4n) is 3.10. The normalized spacial score (nSPS) is 13.4. The molecule has 162 valence electrons. The van der Waals surface area contributed by atoms with Crippen LogP contribution in [-0.2, 0) is 9.59 Å². The number of phenolic OH excluding ortho intramolecular Hbond substituents is 1. The molecule has 0 unspecified atom stereocenters. The molecule has 0 aliphatic carbocycles. The maximum Gasteiger partial charge on any atom is 0.255 e. The Balaban J connectivity index is 1.54. The van der Waals surface area contributed by atoms with Gasteiger partial charge in [-0.3, -0.25) is 24.1 Å². The lowest BCUT2D eigenvalue weighted by Gasteiger charge is -2.14. The highest BCUT2D eigenvalue weighted by molar-refractivity contribution is 6.05. The van der Waals surface area contributed by atoms with Gasteiger partial charge in [0.2, 0.25) is 11.8 Å². The largest absolute Gasteiger partial charge is 0.507 e. The molecule has 3 N–H and O–H groups in total. The van der Waals surface area contributed by atoms with Gasteiger partial charge in [-0.1, -0.05) is 0 Å². The molecule has 2 aromatic carbocycles. The molecular weight excluding hydrogens is 412 g/mol. The van der Waals surface area contributed by atoms with Crippen LogP contribution in [0.15, 0.2) is 36.4 Å². The molecule has 8 nitrogen and oxygen atoms in total. The Bertz CT molecular complexity index is 1020. The topological polar surface area (TPSA) is 116 Å². The van der Waals surface area contributed by atoms with Crippen LogP contribution in [0.25, 0.3) is 0 Å². The summed E-state index contributed by atoms with van der Waals surface area (Å²) in [6, 6.07) is 6.12. The Morgan fingerprint density at radius 3 is 2.23 bits per heavy atom. The molecule has 3 rings (SSSR count). The molecule has 0 saturated carbocycles. The second-order valence-corrected chi connectivity index (χ2v) is 6.89. The Hall–Kier alpha value is -3.82. The summed E-state index contributed by atoms with van der Waals surface area (Å²) in [5.74, 6) is -4.05. The first-order valence-electron chi connectivity index (χ1n) is 9.46. The minimum atomic E-state index is -0.904. The van der Waals surface area contributed by atoms with Gasteiger partial charge in [-0.15, -0.1) is 0 Å². The number of anilines is 1. The number of hydrogen-bond donors (Lipinski definition) is 3. The molecular formula is C21H19F2N3O5. The number of phenols is 1. The summed E-state index contributed by atoms with van der Waals surface area (Å²) < 4.78 is 26.5. The van der Waals surface area contributed by atoms with Crippen molar-refractivity contribution in [3.8, 4) is 5.75 Å². The number of carbonyl (C=O) groups is 4. The van der Waals surface area contributed by atoms with Crippen LogP contribution in [0, 0.1) is 11.6 Å². The Labute approximate surface area is 175 Å². The molecule has 1 aliphatic heterocycles. The monoisotopic (exact) mass is 431 g/mol. The maximum absolute atomic E-state index is 13.2. The van der Waals surface area contributed by atoms with Gasteiger partial charge in [0.1, 0.15) is 17.4 Å². The highest BCUT2D eigenvalue weighted by Crippen LogP contribution is 2.23. The van der Waals surface area contributed by atoms with Gasteiger partial charge in [0.25, 0.3) is 11.8 Å². The molecule has 0 aromatic heterocycles. The van der Waals surface area contributed by atoms with Crippen molar-refractivity contribution >= 4 is 29.3 Å². The second kappa shape index (κ2) is 9.33. The van der Waals surface area contributed by atoms with Gasteiger partial charge in [-0.05, 0) is 30.7 Å². The highest BCUT2D eigenvalue weighted by Gasteiger charge is 2.28. The van der Waals surface area contributed by atoms with Crippen LogP contribution in [0.1, 0.15) is 40.0 Å². The molecule has 0 atom stereocenters. The minimum absolute atomic E-state index is 0.0527. The molecule has 1 heterocycles. The van der Waals surface area contributed by atoms with Crippen LogP contribution in [0.5, 0.6) is 5.75 Å². The molecule has 0 bridgehead atoms. The van der Waals surface area contributed by atoms with Crippen LogP contribution in [0.3, 0.4) is 0 Å². The summed E-state index contributed by atoms with van der Waals surface area (Å²) >= 11 is 0. The standard InChI is InChI=1S/C21H19F2N3O5/c22-13-8-12(9-14(23)10-13)20(30)25-15-2-3-16(17(27)11-15)21(31)24-6-1-7-26-18(28)4-5-19(26)29/h2-3,8-11,27H,1,4-7H2,(H,24,31)(H,25,30). The number of halogens is 2. The second-order valence-electron chi connectivity index (χ2n) is 6.89. The van der Waals surface area contributed by atoms with Crippen LogP contribution in [0.2, 0.25) is 0 Å². The van der Waals surface area contributed by atoms with Crippen molar-refractivity contribution in [3.05, 3.63) is 59.2 Å². The first-order valence-corrected chi connectivity index (χ1v) is 9.46. The lowest BCUT2D eigenvalue weighted by molar-refractivity contribution is -0.138. The van der Waals surface area contributed by atoms with E-state index in [-0.39, 0.29) is 54.6 Å².